The van der Waals surface area contributed by atoms with Crippen molar-refractivity contribution in [1.29, 1.82) is 0 Å². The fraction of sp³-hybridized carbons (Fsp3) is 0.500. The van der Waals surface area contributed by atoms with Crippen LogP contribution in [0.25, 0.3) is 0 Å². The number of hydrogen-bond donors (Lipinski definition) is 1. The highest BCUT2D eigenvalue weighted by molar-refractivity contribution is 6.32. The first kappa shape index (κ1) is 13.3. The third-order valence-electron chi connectivity index (χ3n) is 2.31. The van der Waals surface area contributed by atoms with Crippen LogP contribution in [0.15, 0.2) is 18.2 Å². The molecule has 4 heteroatoms. The van der Waals surface area contributed by atoms with Gasteiger partial charge in [-0.3, -0.25) is 0 Å². The van der Waals surface area contributed by atoms with Gasteiger partial charge in [0.1, 0.15) is 12.4 Å². The molecule has 1 N–H and O–H groups in total. The Hall–Kier alpha value is -0.770. The molecule has 1 aromatic carbocycles. The van der Waals surface area contributed by atoms with Crippen molar-refractivity contribution in [2.24, 2.45) is 0 Å². The maximum atomic E-state index is 9.38. The van der Waals surface area contributed by atoms with Crippen molar-refractivity contribution in [3.63, 3.8) is 0 Å². The van der Waals surface area contributed by atoms with Gasteiger partial charge >= 0.3 is 0 Å². The summed E-state index contributed by atoms with van der Waals surface area (Å²) in [5, 5.41) is 9.88. The molecular formula is C12H17ClO3. The first-order valence-electron chi connectivity index (χ1n) is 5.17. The van der Waals surface area contributed by atoms with Crippen molar-refractivity contribution >= 4 is 11.6 Å². The Kier molecular flexibility index (Phi) is 5.06. The van der Waals surface area contributed by atoms with Gasteiger partial charge in [0, 0.05) is 7.11 Å². The Morgan fingerprint density at radius 1 is 1.38 bits per heavy atom. The van der Waals surface area contributed by atoms with Gasteiger partial charge < -0.3 is 14.6 Å². The molecule has 16 heavy (non-hydrogen) atoms. The molecule has 1 aromatic rings. The Morgan fingerprint density at radius 3 is 2.56 bits per heavy atom. The lowest BCUT2D eigenvalue weighted by molar-refractivity contribution is 0.0717. The molecular weight excluding hydrogens is 228 g/mol. The third-order valence-corrected chi connectivity index (χ3v) is 2.61. The van der Waals surface area contributed by atoms with Crippen LogP contribution in [-0.4, -0.2) is 24.9 Å². The molecule has 0 aliphatic rings. The molecule has 1 rings (SSSR count). The minimum absolute atomic E-state index is 0.0208. The van der Waals surface area contributed by atoms with Gasteiger partial charge in [-0.25, -0.2) is 0 Å². The van der Waals surface area contributed by atoms with Crippen LogP contribution in [0.4, 0.5) is 0 Å². The van der Waals surface area contributed by atoms with Crippen LogP contribution in [0, 0.1) is 0 Å². The van der Waals surface area contributed by atoms with Gasteiger partial charge in [-0.2, -0.15) is 0 Å². The molecule has 0 heterocycles. The molecule has 1 unspecified atom stereocenters. The van der Waals surface area contributed by atoms with Crippen molar-refractivity contribution in [3.8, 4) is 5.75 Å². The van der Waals surface area contributed by atoms with E-state index in [1.165, 1.54) is 0 Å². The van der Waals surface area contributed by atoms with Gasteiger partial charge in [-0.05, 0) is 31.5 Å². The van der Waals surface area contributed by atoms with Crippen LogP contribution in [0.5, 0.6) is 5.75 Å². The summed E-state index contributed by atoms with van der Waals surface area (Å²) >= 11 is 6.02. The minimum Gasteiger partial charge on any atom is -0.489 e. The van der Waals surface area contributed by atoms with E-state index < -0.39 is 6.10 Å². The summed E-state index contributed by atoms with van der Waals surface area (Å²) in [4.78, 5) is 0. The van der Waals surface area contributed by atoms with Crippen molar-refractivity contribution in [2.45, 2.75) is 26.1 Å². The average Bonchev–Trinajstić information content (AvgIpc) is 2.26. The van der Waals surface area contributed by atoms with Crippen molar-refractivity contribution in [1.82, 2.24) is 0 Å². The summed E-state index contributed by atoms with van der Waals surface area (Å²) < 4.78 is 10.6. The standard InChI is InChI=1S/C12H17ClO3/c1-8(15-3)7-16-12-5-4-10(9(2)14)6-11(12)13/h4-6,8-9,14H,7H2,1-3H3/t8?,9-/m0/s1. The molecule has 0 fully saturated rings. The van der Waals surface area contributed by atoms with Crippen LogP contribution in [0.3, 0.4) is 0 Å². The summed E-state index contributed by atoms with van der Waals surface area (Å²) in [6, 6.07) is 5.26. The van der Waals surface area contributed by atoms with E-state index in [2.05, 4.69) is 0 Å². The zero-order chi connectivity index (χ0) is 12.1. The van der Waals surface area contributed by atoms with Crippen molar-refractivity contribution in [3.05, 3.63) is 28.8 Å². The van der Waals surface area contributed by atoms with E-state index in [-0.39, 0.29) is 6.10 Å². The molecule has 0 aliphatic carbocycles. The number of hydrogen-bond acceptors (Lipinski definition) is 3. The SMILES string of the molecule is COC(C)COc1ccc([C@H](C)O)cc1Cl. The Labute approximate surface area is 101 Å². The average molecular weight is 245 g/mol. The van der Waals surface area contributed by atoms with E-state index in [0.717, 1.165) is 5.56 Å². The number of rotatable bonds is 5. The fourth-order valence-electron chi connectivity index (χ4n) is 1.17. The van der Waals surface area contributed by atoms with Crippen LogP contribution in [0.2, 0.25) is 5.02 Å². The maximum absolute atomic E-state index is 9.38. The van der Waals surface area contributed by atoms with E-state index in [1.54, 1.807) is 32.2 Å². The summed E-state index contributed by atoms with van der Waals surface area (Å²) in [5.41, 5.74) is 0.775. The number of halogens is 1. The summed E-state index contributed by atoms with van der Waals surface area (Å²) in [5.74, 6) is 0.606. The van der Waals surface area contributed by atoms with Crippen LogP contribution in [0.1, 0.15) is 25.5 Å². The molecule has 0 bridgehead atoms. The van der Waals surface area contributed by atoms with E-state index >= 15 is 0 Å². The normalized spacial score (nSPS) is 14.6. The van der Waals surface area contributed by atoms with Crippen LogP contribution >= 0.6 is 11.6 Å². The number of aliphatic hydroxyl groups excluding tert-OH is 1. The monoisotopic (exact) mass is 244 g/mol. The van der Waals surface area contributed by atoms with Gasteiger partial charge in [-0.15, -0.1) is 0 Å². The highest BCUT2D eigenvalue weighted by Gasteiger charge is 2.08. The van der Waals surface area contributed by atoms with E-state index in [0.29, 0.717) is 17.4 Å². The highest BCUT2D eigenvalue weighted by Crippen LogP contribution is 2.27. The molecule has 0 radical (unpaired) electrons. The Bertz CT molecular complexity index is 339. The minimum atomic E-state index is -0.524. The lowest BCUT2D eigenvalue weighted by atomic mass is 10.1. The first-order chi connectivity index (χ1) is 7.54. The number of methoxy groups -OCH3 is 1. The van der Waals surface area contributed by atoms with Crippen molar-refractivity contribution in [2.75, 3.05) is 13.7 Å². The highest BCUT2D eigenvalue weighted by atomic mass is 35.5. The van der Waals surface area contributed by atoms with Gasteiger partial charge in [-0.1, -0.05) is 17.7 Å². The second kappa shape index (κ2) is 6.09. The van der Waals surface area contributed by atoms with E-state index in [9.17, 15) is 5.11 Å². The molecule has 0 saturated heterocycles. The summed E-state index contributed by atoms with van der Waals surface area (Å²) in [6.07, 6.45) is -0.503. The van der Waals surface area contributed by atoms with Crippen LogP contribution < -0.4 is 4.74 Å². The molecule has 90 valence electrons. The first-order valence-corrected chi connectivity index (χ1v) is 5.55. The number of ether oxygens (including phenoxy) is 2. The lowest BCUT2D eigenvalue weighted by Crippen LogP contribution is -2.16. The number of benzene rings is 1. The molecule has 0 saturated carbocycles. The second-order valence-corrected chi connectivity index (χ2v) is 4.13. The molecule has 0 aromatic heterocycles. The summed E-state index contributed by atoms with van der Waals surface area (Å²) in [6.45, 7) is 4.06. The third kappa shape index (κ3) is 3.67. The molecule has 3 nitrogen and oxygen atoms in total. The Balaban J connectivity index is 2.68. The molecule has 2 atom stereocenters. The maximum Gasteiger partial charge on any atom is 0.138 e. The zero-order valence-electron chi connectivity index (χ0n) is 9.74. The topological polar surface area (TPSA) is 38.7 Å². The summed E-state index contributed by atoms with van der Waals surface area (Å²) in [7, 11) is 1.63. The fourth-order valence-corrected chi connectivity index (χ4v) is 1.41. The predicted octanol–water partition coefficient (Wildman–Crippen LogP) is 2.81. The van der Waals surface area contributed by atoms with Gasteiger partial charge in [0.15, 0.2) is 0 Å². The second-order valence-electron chi connectivity index (χ2n) is 3.72. The van der Waals surface area contributed by atoms with Crippen molar-refractivity contribution < 1.29 is 14.6 Å². The predicted molar refractivity (Wildman–Crippen MR) is 64.1 cm³/mol. The number of aliphatic hydroxyl groups is 1. The Morgan fingerprint density at radius 2 is 2.06 bits per heavy atom. The molecule has 0 spiro atoms. The zero-order valence-corrected chi connectivity index (χ0v) is 10.5. The quantitative estimate of drug-likeness (QED) is 0.866. The largest absolute Gasteiger partial charge is 0.489 e. The van der Waals surface area contributed by atoms with Gasteiger partial charge in [0.25, 0.3) is 0 Å². The lowest BCUT2D eigenvalue weighted by Gasteiger charge is -2.13. The smallest absolute Gasteiger partial charge is 0.138 e. The molecule has 0 aliphatic heterocycles. The van der Waals surface area contributed by atoms with Gasteiger partial charge in [0.2, 0.25) is 0 Å². The van der Waals surface area contributed by atoms with E-state index in [1.807, 2.05) is 6.92 Å². The van der Waals surface area contributed by atoms with Crippen LogP contribution in [-0.2, 0) is 4.74 Å². The van der Waals surface area contributed by atoms with E-state index in [4.69, 9.17) is 21.1 Å². The van der Waals surface area contributed by atoms with Gasteiger partial charge in [0.05, 0.1) is 17.2 Å². The molecule has 0 amide bonds.